The van der Waals surface area contributed by atoms with Gasteiger partial charge in [-0.25, -0.2) is 0 Å². The molecule has 0 amide bonds. The third kappa shape index (κ3) is 1.08. The minimum Gasteiger partial charge on any atom is -0.270 e. The first-order valence-corrected chi connectivity index (χ1v) is 3.64. The van der Waals surface area contributed by atoms with Crippen molar-refractivity contribution >= 4 is 23.6 Å². The van der Waals surface area contributed by atoms with Gasteiger partial charge in [0.05, 0.1) is 6.20 Å². The van der Waals surface area contributed by atoms with E-state index in [0.29, 0.717) is 12.4 Å². The van der Waals surface area contributed by atoms with Gasteiger partial charge in [-0.1, -0.05) is 0 Å². The molecule has 0 unspecified atom stereocenters. The van der Waals surface area contributed by atoms with Crippen molar-refractivity contribution in [1.29, 1.82) is 0 Å². The van der Waals surface area contributed by atoms with Gasteiger partial charge in [-0.05, 0) is 0 Å². The van der Waals surface area contributed by atoms with Crippen molar-refractivity contribution in [1.82, 2.24) is 8.84 Å². The largest absolute Gasteiger partial charge is 0.270 e. The fraction of sp³-hybridized carbons (Fsp3) is 0.200. The second kappa shape index (κ2) is 2.39. The molecule has 11 heavy (non-hydrogen) atoms. The van der Waals surface area contributed by atoms with Gasteiger partial charge < -0.3 is 0 Å². The van der Waals surface area contributed by atoms with Crippen LogP contribution in [0.5, 0.6) is 0 Å². The highest BCUT2D eigenvalue weighted by Crippen LogP contribution is 2.29. The number of rotatable bonds is 0. The summed E-state index contributed by atoms with van der Waals surface area (Å²) in [5.74, 6) is 0. The van der Waals surface area contributed by atoms with Crippen molar-refractivity contribution < 1.29 is 0 Å². The molecule has 2 rings (SSSR count). The molecule has 0 bridgehead atoms. The Kier molecular flexibility index (Phi) is 1.51. The molecular formula is C5H4Cl2N4. The Morgan fingerprint density at radius 2 is 2.27 bits per heavy atom. The molecule has 0 saturated heterocycles. The predicted octanol–water partition coefficient (Wildman–Crippen LogP) is 2.02. The van der Waals surface area contributed by atoms with Crippen LogP contribution in [-0.4, -0.2) is 15.5 Å². The van der Waals surface area contributed by atoms with E-state index in [1.54, 1.807) is 12.4 Å². The summed E-state index contributed by atoms with van der Waals surface area (Å²) in [6.07, 6.45) is 3.28. The van der Waals surface area contributed by atoms with Gasteiger partial charge in [0.2, 0.25) is 0 Å². The molecule has 6 heteroatoms. The molecule has 0 saturated carbocycles. The monoisotopic (exact) mass is 190 g/mol. The summed E-state index contributed by atoms with van der Waals surface area (Å²) in [5, 5.41) is 7.50. The van der Waals surface area contributed by atoms with Gasteiger partial charge in [0.1, 0.15) is 18.1 Å². The third-order valence-corrected chi connectivity index (χ3v) is 1.88. The third-order valence-electron chi connectivity index (χ3n) is 1.39. The summed E-state index contributed by atoms with van der Waals surface area (Å²) in [7, 11) is 0. The molecule has 58 valence electrons. The second-order valence-corrected chi connectivity index (χ2v) is 2.99. The van der Waals surface area contributed by atoms with E-state index in [1.165, 1.54) is 8.84 Å². The van der Waals surface area contributed by atoms with Crippen molar-refractivity contribution in [3.05, 3.63) is 23.8 Å². The quantitative estimate of drug-likeness (QED) is 0.548. The lowest BCUT2D eigenvalue weighted by atomic mass is 10.3. The molecule has 2 aliphatic heterocycles. The van der Waals surface area contributed by atoms with Gasteiger partial charge in [-0.3, -0.25) is 8.84 Å². The van der Waals surface area contributed by atoms with Crippen LogP contribution < -0.4 is 0 Å². The highest BCUT2D eigenvalue weighted by molar-refractivity contribution is 6.17. The maximum absolute atomic E-state index is 5.79. The number of fused-ring (bicyclic) bond motifs is 1. The zero-order chi connectivity index (χ0) is 7.84. The van der Waals surface area contributed by atoms with E-state index in [-0.39, 0.29) is 0 Å². The van der Waals surface area contributed by atoms with Crippen molar-refractivity contribution in [3.8, 4) is 0 Å². The van der Waals surface area contributed by atoms with Crippen LogP contribution in [0, 0.1) is 0 Å². The van der Waals surface area contributed by atoms with E-state index in [2.05, 4.69) is 10.2 Å². The molecule has 0 N–H and O–H groups in total. The van der Waals surface area contributed by atoms with Gasteiger partial charge in [-0.2, -0.15) is 5.11 Å². The first-order valence-electron chi connectivity index (χ1n) is 2.96. The maximum Gasteiger partial charge on any atom is 0.129 e. The Balaban J connectivity index is 2.37. The van der Waals surface area contributed by atoms with Crippen molar-refractivity contribution in [2.24, 2.45) is 10.2 Å². The Morgan fingerprint density at radius 1 is 1.45 bits per heavy atom. The van der Waals surface area contributed by atoms with E-state index in [4.69, 9.17) is 23.6 Å². The molecule has 4 nitrogen and oxygen atoms in total. The summed E-state index contributed by atoms with van der Waals surface area (Å²) >= 11 is 11.5. The van der Waals surface area contributed by atoms with Crippen LogP contribution >= 0.6 is 23.6 Å². The maximum atomic E-state index is 5.79. The molecule has 0 spiro atoms. The van der Waals surface area contributed by atoms with E-state index in [1.807, 2.05) is 0 Å². The van der Waals surface area contributed by atoms with Crippen molar-refractivity contribution in [2.45, 2.75) is 0 Å². The normalized spacial score (nSPS) is 21.6. The molecule has 0 radical (unpaired) electrons. The van der Waals surface area contributed by atoms with Gasteiger partial charge in [0.25, 0.3) is 0 Å². The number of nitrogens with zero attached hydrogens (tertiary/aromatic N) is 4. The first kappa shape index (κ1) is 6.94. The lowest BCUT2D eigenvalue weighted by Gasteiger charge is -2.25. The van der Waals surface area contributed by atoms with Crippen LogP contribution in [0.1, 0.15) is 0 Å². The SMILES string of the molecule is ClN1C=C2N=NC=C2N(Cl)C1. The molecule has 0 aromatic heterocycles. The van der Waals surface area contributed by atoms with Gasteiger partial charge in [-0.15, -0.1) is 5.11 Å². The van der Waals surface area contributed by atoms with Crippen LogP contribution in [0.25, 0.3) is 0 Å². The van der Waals surface area contributed by atoms with Crippen molar-refractivity contribution in [3.63, 3.8) is 0 Å². The van der Waals surface area contributed by atoms with Crippen molar-refractivity contribution in [2.75, 3.05) is 6.67 Å². The van der Waals surface area contributed by atoms with Crippen LogP contribution in [0.2, 0.25) is 0 Å². The summed E-state index contributed by atoms with van der Waals surface area (Å²) in [5.41, 5.74) is 1.49. The molecule has 0 aromatic rings. The standard InChI is InChI=1S/C5H4Cl2N4/c6-10-2-4-5(1-8-9-4)11(7)3-10/h1-2H,3H2. The molecule has 0 aromatic carbocycles. The number of hydrogen-bond donors (Lipinski definition) is 0. The second-order valence-electron chi connectivity index (χ2n) is 2.15. The number of azo groups is 1. The zero-order valence-corrected chi connectivity index (χ0v) is 6.92. The minimum absolute atomic E-state index is 0.434. The lowest BCUT2D eigenvalue weighted by Crippen LogP contribution is -2.27. The fourth-order valence-electron chi connectivity index (χ4n) is 0.910. The minimum atomic E-state index is 0.434. The summed E-state index contributed by atoms with van der Waals surface area (Å²) in [6.45, 7) is 0.434. The number of hydrogen-bond acceptors (Lipinski definition) is 4. The molecule has 0 atom stereocenters. The molecular weight excluding hydrogens is 187 g/mol. The molecule has 2 heterocycles. The average Bonchev–Trinajstić information content (AvgIpc) is 2.34. The zero-order valence-electron chi connectivity index (χ0n) is 5.41. The van der Waals surface area contributed by atoms with E-state index in [0.717, 1.165) is 5.70 Å². The lowest BCUT2D eigenvalue weighted by molar-refractivity contribution is 0.401. The highest BCUT2D eigenvalue weighted by atomic mass is 35.5. The summed E-state index contributed by atoms with van der Waals surface area (Å²) in [6, 6.07) is 0. The smallest absolute Gasteiger partial charge is 0.129 e. The van der Waals surface area contributed by atoms with Gasteiger partial charge >= 0.3 is 0 Å². The van der Waals surface area contributed by atoms with Crippen LogP contribution in [-0.2, 0) is 0 Å². The highest BCUT2D eigenvalue weighted by Gasteiger charge is 2.22. The predicted molar refractivity (Wildman–Crippen MR) is 41.3 cm³/mol. The average molecular weight is 191 g/mol. The van der Waals surface area contributed by atoms with Gasteiger partial charge in [0.15, 0.2) is 0 Å². The Labute approximate surface area is 73.6 Å². The number of halogens is 2. The first-order chi connectivity index (χ1) is 5.27. The van der Waals surface area contributed by atoms with Crippen LogP contribution in [0.3, 0.4) is 0 Å². The summed E-state index contributed by atoms with van der Waals surface area (Å²) < 4.78 is 2.88. The molecule has 0 fully saturated rings. The van der Waals surface area contributed by atoms with Gasteiger partial charge in [0, 0.05) is 29.8 Å². The van der Waals surface area contributed by atoms with Crippen LogP contribution in [0.4, 0.5) is 0 Å². The fourth-order valence-corrected chi connectivity index (χ4v) is 1.41. The Hall–Kier alpha value is -0.740. The molecule has 0 aliphatic carbocycles. The Bertz CT molecular complexity index is 270. The van der Waals surface area contributed by atoms with E-state index < -0.39 is 0 Å². The van der Waals surface area contributed by atoms with E-state index >= 15 is 0 Å². The molecule has 2 aliphatic rings. The Morgan fingerprint density at radius 3 is 3.09 bits per heavy atom. The van der Waals surface area contributed by atoms with Crippen LogP contribution in [0.15, 0.2) is 34.0 Å². The topological polar surface area (TPSA) is 31.2 Å². The van der Waals surface area contributed by atoms with E-state index in [9.17, 15) is 0 Å². The summed E-state index contributed by atoms with van der Waals surface area (Å²) in [4.78, 5) is 0.